The maximum atomic E-state index is 13.5. The van der Waals surface area contributed by atoms with E-state index in [0.29, 0.717) is 6.61 Å². The predicted molar refractivity (Wildman–Crippen MR) is 68.8 cm³/mol. The molecule has 2 aliphatic heterocycles. The Kier molecular flexibility index (Phi) is 2.91. The average molecular weight is 249 g/mol. The molecule has 1 aromatic rings. The van der Waals surface area contributed by atoms with Crippen LogP contribution in [0.3, 0.4) is 0 Å². The van der Waals surface area contributed by atoms with Crippen LogP contribution in [0, 0.1) is 5.82 Å². The smallest absolute Gasteiger partial charge is 0.123 e. The summed E-state index contributed by atoms with van der Waals surface area (Å²) in [5, 5.41) is 0. The van der Waals surface area contributed by atoms with Gasteiger partial charge in [-0.25, -0.2) is 4.39 Å². The zero-order valence-corrected chi connectivity index (χ0v) is 11.1. The van der Waals surface area contributed by atoms with Crippen molar-refractivity contribution in [3.8, 4) is 0 Å². The maximum absolute atomic E-state index is 13.5. The summed E-state index contributed by atoms with van der Waals surface area (Å²) in [6, 6.07) is 5.21. The van der Waals surface area contributed by atoms with Gasteiger partial charge in [-0.3, -0.25) is 4.90 Å². The first kappa shape index (κ1) is 12.1. The van der Waals surface area contributed by atoms with Gasteiger partial charge in [0.05, 0.1) is 18.2 Å². The number of hydrogen-bond donors (Lipinski definition) is 0. The predicted octanol–water partition coefficient (Wildman–Crippen LogP) is 3.06. The Balaban J connectivity index is 1.97. The molecule has 0 radical (unpaired) electrons. The number of nitrogens with zero attached hydrogens (tertiary/aromatic N) is 1. The summed E-state index contributed by atoms with van der Waals surface area (Å²) >= 11 is 0. The van der Waals surface area contributed by atoms with Crippen LogP contribution >= 0.6 is 0 Å². The molecule has 0 saturated carbocycles. The first-order valence-electron chi connectivity index (χ1n) is 6.77. The Morgan fingerprint density at radius 1 is 1.44 bits per heavy atom. The third kappa shape index (κ3) is 1.77. The van der Waals surface area contributed by atoms with Crippen molar-refractivity contribution < 1.29 is 9.13 Å². The second-order valence-corrected chi connectivity index (χ2v) is 5.72. The highest BCUT2D eigenvalue weighted by Gasteiger charge is 2.48. The summed E-state index contributed by atoms with van der Waals surface area (Å²) in [5.74, 6) is -0.133. The molecule has 2 aliphatic rings. The summed E-state index contributed by atoms with van der Waals surface area (Å²) in [6.07, 6.45) is 2.48. The molecule has 0 spiro atoms. The third-order valence-corrected chi connectivity index (χ3v) is 4.21. The molecule has 2 heterocycles. The first-order valence-corrected chi connectivity index (χ1v) is 6.77. The molecule has 98 valence electrons. The van der Waals surface area contributed by atoms with Gasteiger partial charge in [-0.15, -0.1) is 0 Å². The van der Waals surface area contributed by atoms with Gasteiger partial charge in [0.15, 0.2) is 0 Å². The van der Waals surface area contributed by atoms with E-state index in [1.165, 1.54) is 12.0 Å². The fraction of sp³-hybridized carbons (Fsp3) is 0.600. The minimum Gasteiger partial charge on any atom is -0.377 e. The molecular weight excluding hydrogens is 229 g/mol. The first-order chi connectivity index (χ1) is 8.62. The second kappa shape index (κ2) is 4.32. The van der Waals surface area contributed by atoms with Gasteiger partial charge in [-0.05, 0) is 56.5 Å². The van der Waals surface area contributed by atoms with E-state index in [0.717, 1.165) is 25.1 Å². The number of hydrogen-bond acceptors (Lipinski definition) is 2. The monoisotopic (exact) mass is 249 g/mol. The summed E-state index contributed by atoms with van der Waals surface area (Å²) < 4.78 is 19.4. The summed E-state index contributed by atoms with van der Waals surface area (Å²) in [6.45, 7) is 6.82. The van der Waals surface area contributed by atoms with Gasteiger partial charge in [0.25, 0.3) is 0 Å². The lowest BCUT2D eigenvalue weighted by molar-refractivity contribution is -0.00939. The maximum Gasteiger partial charge on any atom is 0.123 e. The van der Waals surface area contributed by atoms with Crippen molar-refractivity contribution in [2.75, 3.05) is 13.2 Å². The van der Waals surface area contributed by atoms with Crippen molar-refractivity contribution in [1.82, 2.24) is 4.90 Å². The summed E-state index contributed by atoms with van der Waals surface area (Å²) in [7, 11) is 0. The lowest BCUT2D eigenvalue weighted by atomic mass is 9.88. The highest BCUT2D eigenvalue weighted by atomic mass is 19.1. The van der Waals surface area contributed by atoms with E-state index in [2.05, 4.69) is 18.7 Å². The van der Waals surface area contributed by atoms with Gasteiger partial charge in [0.2, 0.25) is 0 Å². The molecule has 1 unspecified atom stereocenters. The van der Waals surface area contributed by atoms with Crippen LogP contribution in [0.15, 0.2) is 18.2 Å². The highest BCUT2D eigenvalue weighted by molar-refractivity contribution is 5.40. The number of rotatable bonds is 3. The van der Waals surface area contributed by atoms with E-state index in [4.69, 9.17) is 4.74 Å². The van der Waals surface area contributed by atoms with E-state index in [9.17, 15) is 4.39 Å². The topological polar surface area (TPSA) is 12.5 Å². The van der Waals surface area contributed by atoms with Gasteiger partial charge in [-0.2, -0.15) is 0 Å². The third-order valence-electron chi connectivity index (χ3n) is 4.21. The Morgan fingerprint density at radius 3 is 3.06 bits per heavy atom. The second-order valence-electron chi connectivity index (χ2n) is 5.72. The van der Waals surface area contributed by atoms with Crippen LogP contribution in [0.5, 0.6) is 0 Å². The van der Waals surface area contributed by atoms with Crippen molar-refractivity contribution >= 4 is 0 Å². The van der Waals surface area contributed by atoms with Crippen molar-refractivity contribution in [3.05, 3.63) is 35.1 Å². The van der Waals surface area contributed by atoms with Crippen LogP contribution in [-0.2, 0) is 16.8 Å². The van der Waals surface area contributed by atoms with E-state index in [1.807, 2.05) is 6.07 Å². The summed E-state index contributed by atoms with van der Waals surface area (Å²) in [5.41, 5.74) is 2.35. The molecule has 3 heteroatoms. The Labute approximate surface area is 108 Å². The van der Waals surface area contributed by atoms with E-state index in [-0.39, 0.29) is 17.5 Å². The zero-order valence-electron chi connectivity index (χ0n) is 11.1. The molecule has 0 bridgehead atoms. The molecule has 1 atom stereocenters. The van der Waals surface area contributed by atoms with Crippen molar-refractivity contribution in [2.45, 2.75) is 44.9 Å². The van der Waals surface area contributed by atoms with Gasteiger partial charge < -0.3 is 4.74 Å². The van der Waals surface area contributed by atoms with Crippen LogP contribution in [0.25, 0.3) is 0 Å². The Hall–Kier alpha value is -0.930. The minimum absolute atomic E-state index is 0.0678. The van der Waals surface area contributed by atoms with Gasteiger partial charge >= 0.3 is 0 Å². The van der Waals surface area contributed by atoms with Crippen molar-refractivity contribution in [2.24, 2.45) is 0 Å². The lowest BCUT2D eigenvalue weighted by Gasteiger charge is -2.33. The van der Waals surface area contributed by atoms with Crippen molar-refractivity contribution in [3.63, 3.8) is 0 Å². The number of benzene rings is 1. The molecule has 0 aromatic heterocycles. The molecule has 18 heavy (non-hydrogen) atoms. The van der Waals surface area contributed by atoms with Crippen LogP contribution in [0.1, 0.15) is 37.8 Å². The number of ether oxygens (including phenoxy) is 1. The molecule has 3 rings (SSSR count). The molecule has 1 fully saturated rings. The zero-order chi connectivity index (χ0) is 12.8. The van der Waals surface area contributed by atoms with Crippen LogP contribution in [0.4, 0.5) is 4.39 Å². The number of fused-ring (bicyclic) bond motifs is 3. The molecule has 1 saturated heterocycles. The SMILES string of the molecule is CC(C)OCC12CCCN1Cc1ccc(F)cc12. The van der Waals surface area contributed by atoms with Crippen LogP contribution in [-0.4, -0.2) is 24.2 Å². The van der Waals surface area contributed by atoms with Crippen LogP contribution in [0.2, 0.25) is 0 Å². The fourth-order valence-corrected chi connectivity index (χ4v) is 3.34. The van der Waals surface area contributed by atoms with Crippen molar-refractivity contribution in [1.29, 1.82) is 0 Å². The molecule has 0 N–H and O–H groups in total. The largest absolute Gasteiger partial charge is 0.377 e. The molecule has 2 nitrogen and oxygen atoms in total. The molecule has 0 aliphatic carbocycles. The standard InChI is InChI=1S/C15H20FNO/c1-11(2)18-10-15-6-3-7-17(15)9-12-4-5-13(16)8-14(12)15/h4-5,8,11H,3,6-7,9-10H2,1-2H3. The Morgan fingerprint density at radius 2 is 2.28 bits per heavy atom. The Bertz CT molecular complexity index is 460. The fourth-order valence-electron chi connectivity index (χ4n) is 3.34. The molecule has 1 aromatic carbocycles. The highest BCUT2D eigenvalue weighted by Crippen LogP contribution is 2.47. The van der Waals surface area contributed by atoms with Gasteiger partial charge in [0.1, 0.15) is 5.82 Å². The quantitative estimate of drug-likeness (QED) is 0.816. The summed E-state index contributed by atoms with van der Waals surface area (Å²) in [4.78, 5) is 2.46. The normalized spacial score (nSPS) is 26.7. The van der Waals surface area contributed by atoms with E-state index < -0.39 is 0 Å². The lowest BCUT2D eigenvalue weighted by Crippen LogP contribution is -2.40. The average Bonchev–Trinajstić information content (AvgIpc) is 2.83. The molecular formula is C15H20FNO. The van der Waals surface area contributed by atoms with Gasteiger partial charge in [-0.1, -0.05) is 6.07 Å². The minimum atomic E-state index is -0.133. The van der Waals surface area contributed by atoms with Gasteiger partial charge in [0, 0.05) is 6.54 Å². The van der Waals surface area contributed by atoms with Crippen LogP contribution < -0.4 is 0 Å². The number of halogens is 1. The van der Waals surface area contributed by atoms with E-state index >= 15 is 0 Å². The molecule has 0 amide bonds. The van der Waals surface area contributed by atoms with E-state index in [1.54, 1.807) is 12.1 Å².